The van der Waals surface area contributed by atoms with Crippen molar-refractivity contribution in [3.63, 3.8) is 0 Å². The van der Waals surface area contributed by atoms with E-state index in [-0.39, 0.29) is 0 Å². The van der Waals surface area contributed by atoms with Crippen LogP contribution >= 0.6 is 0 Å². The van der Waals surface area contributed by atoms with Crippen LogP contribution in [0.4, 0.5) is 11.4 Å². The smallest absolute Gasteiger partial charge is 0.0429 e. The van der Waals surface area contributed by atoms with E-state index >= 15 is 0 Å². The molecule has 100 valence electrons. The van der Waals surface area contributed by atoms with E-state index in [1.807, 2.05) is 12.1 Å². The van der Waals surface area contributed by atoms with Crippen molar-refractivity contribution in [3.05, 3.63) is 59.7 Å². The maximum absolute atomic E-state index is 5.73. The Bertz CT molecular complexity index is 500. The first kappa shape index (κ1) is 13.5. The minimum Gasteiger partial charge on any atom is -0.399 e. The highest BCUT2D eigenvalue weighted by Gasteiger charge is 2.05. The standard InChI is InChI=1S/C17H22N2/c1-3-14-5-7-15(8-6-14)13-19(4-2)17-11-9-16(18)10-12-17/h5-12H,3-4,13,18H2,1-2H3. The summed E-state index contributed by atoms with van der Waals surface area (Å²) < 4.78 is 0. The lowest BCUT2D eigenvalue weighted by Gasteiger charge is -2.23. The predicted molar refractivity (Wildman–Crippen MR) is 83.4 cm³/mol. The molecule has 0 unspecified atom stereocenters. The Morgan fingerprint density at radius 1 is 0.842 bits per heavy atom. The number of nitrogen functional groups attached to an aromatic ring is 1. The van der Waals surface area contributed by atoms with Crippen LogP contribution in [0.15, 0.2) is 48.5 Å². The lowest BCUT2D eigenvalue weighted by atomic mass is 10.1. The molecular formula is C17H22N2. The van der Waals surface area contributed by atoms with Gasteiger partial charge in [0.05, 0.1) is 0 Å². The molecule has 0 spiro atoms. The molecule has 0 saturated carbocycles. The summed E-state index contributed by atoms with van der Waals surface area (Å²) >= 11 is 0. The molecule has 2 rings (SSSR count). The maximum Gasteiger partial charge on any atom is 0.0429 e. The number of hydrogen-bond donors (Lipinski definition) is 1. The van der Waals surface area contributed by atoms with E-state index in [9.17, 15) is 0 Å². The van der Waals surface area contributed by atoms with Crippen molar-refractivity contribution < 1.29 is 0 Å². The van der Waals surface area contributed by atoms with Crippen LogP contribution in [-0.2, 0) is 13.0 Å². The van der Waals surface area contributed by atoms with Crippen molar-refractivity contribution in [2.45, 2.75) is 26.8 Å². The molecule has 0 radical (unpaired) electrons. The third kappa shape index (κ3) is 3.50. The van der Waals surface area contributed by atoms with Crippen molar-refractivity contribution in [2.24, 2.45) is 0 Å². The van der Waals surface area contributed by atoms with Crippen molar-refractivity contribution in [1.82, 2.24) is 0 Å². The monoisotopic (exact) mass is 254 g/mol. The normalized spacial score (nSPS) is 10.4. The summed E-state index contributed by atoms with van der Waals surface area (Å²) in [7, 11) is 0. The van der Waals surface area contributed by atoms with Gasteiger partial charge in [0, 0.05) is 24.5 Å². The van der Waals surface area contributed by atoms with Crippen LogP contribution in [0.25, 0.3) is 0 Å². The molecule has 0 bridgehead atoms. The molecule has 0 heterocycles. The van der Waals surface area contributed by atoms with Crippen LogP contribution in [0.2, 0.25) is 0 Å². The Balaban J connectivity index is 2.11. The first-order chi connectivity index (χ1) is 9.22. The second-order valence-electron chi connectivity index (χ2n) is 4.78. The molecular weight excluding hydrogens is 232 g/mol. The minimum atomic E-state index is 0.812. The Labute approximate surface area is 115 Å². The topological polar surface area (TPSA) is 29.3 Å². The average molecular weight is 254 g/mol. The summed E-state index contributed by atoms with van der Waals surface area (Å²) in [5.74, 6) is 0. The summed E-state index contributed by atoms with van der Waals surface area (Å²) in [6.45, 7) is 6.28. The zero-order chi connectivity index (χ0) is 13.7. The summed E-state index contributed by atoms with van der Waals surface area (Å²) in [5.41, 5.74) is 10.5. The van der Waals surface area contributed by atoms with Crippen LogP contribution in [0.5, 0.6) is 0 Å². The van der Waals surface area contributed by atoms with Gasteiger partial charge < -0.3 is 10.6 Å². The zero-order valence-electron chi connectivity index (χ0n) is 11.8. The summed E-state index contributed by atoms with van der Waals surface area (Å²) in [4.78, 5) is 2.35. The van der Waals surface area contributed by atoms with Crippen LogP contribution in [0, 0.1) is 0 Å². The molecule has 0 saturated heterocycles. The van der Waals surface area contributed by atoms with E-state index in [0.717, 1.165) is 25.2 Å². The Morgan fingerprint density at radius 2 is 1.42 bits per heavy atom. The second kappa shape index (κ2) is 6.28. The minimum absolute atomic E-state index is 0.812. The van der Waals surface area contributed by atoms with Gasteiger partial charge in [-0.05, 0) is 48.7 Å². The number of anilines is 2. The van der Waals surface area contributed by atoms with Gasteiger partial charge in [0.15, 0.2) is 0 Å². The van der Waals surface area contributed by atoms with Gasteiger partial charge in [0.2, 0.25) is 0 Å². The SMILES string of the molecule is CCc1ccc(CN(CC)c2ccc(N)cc2)cc1. The molecule has 2 nitrogen and oxygen atoms in total. The molecule has 2 aromatic rings. The lowest BCUT2D eigenvalue weighted by Crippen LogP contribution is -2.21. The van der Waals surface area contributed by atoms with E-state index in [0.29, 0.717) is 0 Å². The van der Waals surface area contributed by atoms with Gasteiger partial charge in [-0.2, -0.15) is 0 Å². The Hall–Kier alpha value is -1.96. The van der Waals surface area contributed by atoms with Crippen LogP contribution in [0.1, 0.15) is 25.0 Å². The molecule has 0 aromatic heterocycles. The predicted octanol–water partition coefficient (Wildman–Crippen LogP) is 3.86. The molecule has 0 aliphatic rings. The third-order valence-electron chi connectivity index (χ3n) is 3.44. The Morgan fingerprint density at radius 3 is 1.95 bits per heavy atom. The van der Waals surface area contributed by atoms with Crippen LogP contribution in [-0.4, -0.2) is 6.54 Å². The number of nitrogens with two attached hydrogens (primary N) is 1. The molecule has 0 aliphatic carbocycles. The van der Waals surface area contributed by atoms with E-state index in [4.69, 9.17) is 5.73 Å². The quantitative estimate of drug-likeness (QED) is 0.821. The molecule has 0 amide bonds. The molecule has 2 aromatic carbocycles. The van der Waals surface area contributed by atoms with Gasteiger partial charge in [0.1, 0.15) is 0 Å². The molecule has 19 heavy (non-hydrogen) atoms. The van der Waals surface area contributed by atoms with Crippen molar-refractivity contribution in [2.75, 3.05) is 17.2 Å². The first-order valence-corrected chi connectivity index (χ1v) is 6.91. The lowest BCUT2D eigenvalue weighted by molar-refractivity contribution is 0.831. The number of hydrogen-bond acceptors (Lipinski definition) is 2. The van der Waals surface area contributed by atoms with Gasteiger partial charge in [-0.3, -0.25) is 0 Å². The first-order valence-electron chi connectivity index (χ1n) is 6.91. The van der Waals surface area contributed by atoms with Crippen molar-refractivity contribution in [3.8, 4) is 0 Å². The van der Waals surface area contributed by atoms with Gasteiger partial charge in [-0.15, -0.1) is 0 Å². The Kier molecular flexibility index (Phi) is 4.45. The van der Waals surface area contributed by atoms with E-state index < -0.39 is 0 Å². The number of benzene rings is 2. The summed E-state index contributed by atoms with van der Waals surface area (Å²) in [6.07, 6.45) is 1.09. The highest BCUT2D eigenvalue weighted by Crippen LogP contribution is 2.19. The summed E-state index contributed by atoms with van der Waals surface area (Å²) in [6, 6.07) is 16.9. The van der Waals surface area contributed by atoms with Gasteiger partial charge >= 0.3 is 0 Å². The largest absolute Gasteiger partial charge is 0.399 e. The van der Waals surface area contributed by atoms with Crippen molar-refractivity contribution >= 4 is 11.4 Å². The van der Waals surface area contributed by atoms with Crippen LogP contribution in [0.3, 0.4) is 0 Å². The number of aryl methyl sites for hydroxylation is 1. The van der Waals surface area contributed by atoms with E-state index in [1.54, 1.807) is 0 Å². The molecule has 0 atom stereocenters. The fourth-order valence-corrected chi connectivity index (χ4v) is 2.17. The zero-order valence-corrected chi connectivity index (χ0v) is 11.8. The highest BCUT2D eigenvalue weighted by atomic mass is 15.1. The van der Waals surface area contributed by atoms with Crippen molar-refractivity contribution in [1.29, 1.82) is 0 Å². The second-order valence-corrected chi connectivity index (χ2v) is 4.78. The van der Waals surface area contributed by atoms with Gasteiger partial charge in [-0.1, -0.05) is 31.2 Å². The molecule has 2 heteroatoms. The average Bonchev–Trinajstić information content (AvgIpc) is 2.46. The highest BCUT2D eigenvalue weighted by molar-refractivity contribution is 5.53. The summed E-state index contributed by atoms with van der Waals surface area (Å²) in [5, 5.41) is 0. The van der Waals surface area contributed by atoms with E-state index in [1.165, 1.54) is 16.8 Å². The van der Waals surface area contributed by atoms with E-state index in [2.05, 4.69) is 55.1 Å². The molecule has 2 N–H and O–H groups in total. The number of nitrogens with zero attached hydrogens (tertiary/aromatic N) is 1. The molecule has 0 aliphatic heterocycles. The number of rotatable bonds is 5. The fraction of sp³-hybridized carbons (Fsp3) is 0.294. The van der Waals surface area contributed by atoms with Gasteiger partial charge in [0.25, 0.3) is 0 Å². The molecule has 0 fully saturated rings. The van der Waals surface area contributed by atoms with Gasteiger partial charge in [-0.25, -0.2) is 0 Å². The fourth-order valence-electron chi connectivity index (χ4n) is 2.17. The third-order valence-corrected chi connectivity index (χ3v) is 3.44. The maximum atomic E-state index is 5.73. The van der Waals surface area contributed by atoms with Crippen LogP contribution < -0.4 is 10.6 Å².